The quantitative estimate of drug-likeness (QED) is 0.446. The molecule has 1 aliphatic heterocycles. The predicted octanol–water partition coefficient (Wildman–Crippen LogP) is 3.65. The van der Waals surface area contributed by atoms with Crippen LogP contribution in [0, 0.1) is 24.0 Å². The van der Waals surface area contributed by atoms with E-state index in [1.165, 1.54) is 23.3 Å². The van der Waals surface area contributed by atoms with Crippen molar-refractivity contribution in [1.82, 2.24) is 4.90 Å². The molecule has 0 aliphatic carbocycles. The Hall–Kier alpha value is -2.54. The van der Waals surface area contributed by atoms with Crippen molar-refractivity contribution in [3.8, 4) is 0 Å². The SMILES string of the molecule is Cc1ccc(SCC(=O)N2CCN(c3ccc([N+](=O)[O-])cc3)CC2)cc1C. The summed E-state index contributed by atoms with van der Waals surface area (Å²) in [4.78, 5) is 28.0. The van der Waals surface area contributed by atoms with Crippen molar-refractivity contribution >= 4 is 29.0 Å². The third-order valence-electron chi connectivity index (χ3n) is 4.90. The first kappa shape index (κ1) is 19.2. The van der Waals surface area contributed by atoms with Crippen LogP contribution in [0.5, 0.6) is 0 Å². The molecular formula is C20H23N3O3S. The van der Waals surface area contributed by atoms with Gasteiger partial charge in [-0.15, -0.1) is 11.8 Å². The minimum Gasteiger partial charge on any atom is -0.368 e. The van der Waals surface area contributed by atoms with Gasteiger partial charge in [0.2, 0.25) is 5.91 Å². The molecule has 1 heterocycles. The summed E-state index contributed by atoms with van der Waals surface area (Å²) >= 11 is 1.58. The molecule has 0 N–H and O–H groups in total. The van der Waals surface area contributed by atoms with Crippen LogP contribution in [-0.4, -0.2) is 47.7 Å². The van der Waals surface area contributed by atoms with E-state index < -0.39 is 4.92 Å². The molecule has 1 fully saturated rings. The largest absolute Gasteiger partial charge is 0.368 e. The number of anilines is 1. The first-order chi connectivity index (χ1) is 12.9. The molecular weight excluding hydrogens is 362 g/mol. The molecule has 0 unspecified atom stereocenters. The lowest BCUT2D eigenvalue weighted by atomic mass is 10.1. The van der Waals surface area contributed by atoms with E-state index in [2.05, 4.69) is 36.9 Å². The molecule has 6 nitrogen and oxygen atoms in total. The Morgan fingerprint density at radius 2 is 1.70 bits per heavy atom. The van der Waals surface area contributed by atoms with Gasteiger partial charge in [0.1, 0.15) is 0 Å². The molecule has 1 aliphatic rings. The van der Waals surface area contributed by atoms with Crippen LogP contribution in [0.25, 0.3) is 0 Å². The maximum Gasteiger partial charge on any atom is 0.269 e. The molecule has 2 aromatic rings. The van der Waals surface area contributed by atoms with E-state index in [-0.39, 0.29) is 11.6 Å². The van der Waals surface area contributed by atoms with E-state index in [0.29, 0.717) is 18.8 Å². The summed E-state index contributed by atoms with van der Waals surface area (Å²) in [7, 11) is 0. The highest BCUT2D eigenvalue weighted by molar-refractivity contribution is 8.00. The lowest BCUT2D eigenvalue weighted by molar-refractivity contribution is -0.384. The van der Waals surface area contributed by atoms with Gasteiger partial charge in [0.25, 0.3) is 5.69 Å². The summed E-state index contributed by atoms with van der Waals surface area (Å²) < 4.78 is 0. The maximum atomic E-state index is 12.5. The zero-order chi connectivity index (χ0) is 19.4. The highest BCUT2D eigenvalue weighted by atomic mass is 32.2. The number of rotatable bonds is 5. The second-order valence-electron chi connectivity index (χ2n) is 6.68. The van der Waals surface area contributed by atoms with E-state index in [9.17, 15) is 14.9 Å². The molecule has 0 radical (unpaired) electrons. The van der Waals surface area contributed by atoms with Crippen molar-refractivity contribution < 1.29 is 9.72 Å². The number of piperazine rings is 1. The number of benzene rings is 2. The topological polar surface area (TPSA) is 66.7 Å². The number of thioether (sulfide) groups is 1. The van der Waals surface area contributed by atoms with Crippen molar-refractivity contribution in [3.05, 3.63) is 63.7 Å². The number of amides is 1. The zero-order valence-electron chi connectivity index (χ0n) is 15.6. The average Bonchev–Trinajstić information content (AvgIpc) is 2.69. The number of carbonyl (C=O) groups is 1. The van der Waals surface area contributed by atoms with Crippen LogP contribution in [0.1, 0.15) is 11.1 Å². The fraction of sp³-hybridized carbons (Fsp3) is 0.350. The van der Waals surface area contributed by atoms with Crippen LogP contribution in [0.15, 0.2) is 47.4 Å². The summed E-state index contributed by atoms with van der Waals surface area (Å²) in [5.41, 5.74) is 3.55. The second kappa shape index (κ2) is 8.43. The molecule has 0 aromatic heterocycles. The first-order valence-electron chi connectivity index (χ1n) is 8.91. The normalized spacial score (nSPS) is 14.3. The smallest absolute Gasteiger partial charge is 0.269 e. The number of aryl methyl sites for hydroxylation is 2. The molecule has 7 heteroatoms. The fourth-order valence-corrected chi connectivity index (χ4v) is 3.94. The molecule has 1 saturated heterocycles. The van der Waals surface area contributed by atoms with Crippen molar-refractivity contribution in [2.45, 2.75) is 18.7 Å². The Morgan fingerprint density at radius 3 is 2.30 bits per heavy atom. The summed E-state index contributed by atoms with van der Waals surface area (Å²) in [6.45, 7) is 6.97. The van der Waals surface area contributed by atoms with Gasteiger partial charge in [0.05, 0.1) is 10.7 Å². The summed E-state index contributed by atoms with van der Waals surface area (Å²) in [6, 6.07) is 12.9. The van der Waals surface area contributed by atoms with E-state index in [4.69, 9.17) is 0 Å². The van der Waals surface area contributed by atoms with E-state index in [1.54, 1.807) is 23.9 Å². The minimum atomic E-state index is -0.395. The number of nitro benzene ring substituents is 1. The van der Waals surface area contributed by atoms with Crippen LogP contribution in [0.2, 0.25) is 0 Å². The predicted molar refractivity (Wildman–Crippen MR) is 109 cm³/mol. The molecule has 142 valence electrons. The molecule has 0 atom stereocenters. The zero-order valence-corrected chi connectivity index (χ0v) is 16.4. The van der Waals surface area contributed by atoms with Crippen molar-refractivity contribution in [2.75, 3.05) is 36.8 Å². The third-order valence-corrected chi connectivity index (χ3v) is 5.88. The standard InChI is InChI=1S/C20H23N3O3S/c1-15-3-8-19(13-16(15)2)27-14-20(24)22-11-9-21(10-12-22)17-4-6-18(7-5-17)23(25)26/h3-8,13H,9-12,14H2,1-2H3. The third kappa shape index (κ3) is 4.80. The van der Waals surface area contributed by atoms with E-state index >= 15 is 0 Å². The fourth-order valence-electron chi connectivity index (χ4n) is 3.04. The maximum absolute atomic E-state index is 12.5. The summed E-state index contributed by atoms with van der Waals surface area (Å²) in [6.07, 6.45) is 0. The molecule has 0 saturated carbocycles. The highest BCUT2D eigenvalue weighted by Crippen LogP contribution is 2.23. The summed E-state index contributed by atoms with van der Waals surface area (Å²) in [5, 5.41) is 10.8. The highest BCUT2D eigenvalue weighted by Gasteiger charge is 2.21. The van der Waals surface area contributed by atoms with Gasteiger partial charge in [0.15, 0.2) is 0 Å². The van der Waals surface area contributed by atoms with Gasteiger partial charge >= 0.3 is 0 Å². The monoisotopic (exact) mass is 385 g/mol. The number of hydrogen-bond donors (Lipinski definition) is 0. The molecule has 0 spiro atoms. The van der Waals surface area contributed by atoms with E-state index in [1.807, 2.05) is 4.90 Å². The lowest BCUT2D eigenvalue weighted by Gasteiger charge is -2.36. The van der Waals surface area contributed by atoms with Gasteiger partial charge in [-0.1, -0.05) is 6.07 Å². The Kier molecular flexibility index (Phi) is 6.01. The van der Waals surface area contributed by atoms with Gasteiger partial charge < -0.3 is 9.80 Å². The van der Waals surface area contributed by atoms with Crippen molar-refractivity contribution in [1.29, 1.82) is 0 Å². The van der Waals surface area contributed by atoms with Crippen LogP contribution in [-0.2, 0) is 4.79 Å². The van der Waals surface area contributed by atoms with Crippen LogP contribution in [0.3, 0.4) is 0 Å². The number of hydrogen-bond acceptors (Lipinski definition) is 5. The minimum absolute atomic E-state index is 0.0935. The number of non-ortho nitro benzene ring substituents is 1. The Labute approximate surface area is 163 Å². The number of nitro groups is 1. The van der Waals surface area contributed by atoms with Gasteiger partial charge in [-0.2, -0.15) is 0 Å². The molecule has 3 rings (SSSR count). The van der Waals surface area contributed by atoms with Gasteiger partial charge in [-0.3, -0.25) is 14.9 Å². The first-order valence-corrected chi connectivity index (χ1v) is 9.90. The second-order valence-corrected chi connectivity index (χ2v) is 7.72. The van der Waals surface area contributed by atoms with Crippen LogP contribution in [0.4, 0.5) is 11.4 Å². The van der Waals surface area contributed by atoms with Crippen LogP contribution < -0.4 is 4.90 Å². The number of nitrogens with zero attached hydrogens (tertiary/aromatic N) is 3. The Bertz CT molecular complexity index is 831. The molecule has 27 heavy (non-hydrogen) atoms. The van der Waals surface area contributed by atoms with Gasteiger partial charge in [-0.25, -0.2) is 0 Å². The van der Waals surface area contributed by atoms with Crippen molar-refractivity contribution in [2.24, 2.45) is 0 Å². The molecule has 0 bridgehead atoms. The molecule has 2 aromatic carbocycles. The summed E-state index contributed by atoms with van der Waals surface area (Å²) in [5.74, 6) is 0.599. The van der Waals surface area contributed by atoms with E-state index in [0.717, 1.165) is 23.7 Å². The Balaban J connectivity index is 1.50. The van der Waals surface area contributed by atoms with Gasteiger partial charge in [0, 0.05) is 48.9 Å². The number of carbonyl (C=O) groups excluding carboxylic acids is 1. The van der Waals surface area contributed by atoms with Crippen LogP contribution >= 0.6 is 11.8 Å². The molecule has 1 amide bonds. The lowest BCUT2D eigenvalue weighted by Crippen LogP contribution is -2.49. The average molecular weight is 385 g/mol. The van der Waals surface area contributed by atoms with Crippen molar-refractivity contribution in [3.63, 3.8) is 0 Å². The Morgan fingerprint density at radius 1 is 1.04 bits per heavy atom. The van der Waals surface area contributed by atoms with Gasteiger partial charge in [-0.05, 0) is 49.2 Å².